The van der Waals surface area contributed by atoms with Gasteiger partial charge in [0, 0.05) is 30.0 Å². The summed E-state index contributed by atoms with van der Waals surface area (Å²) in [7, 11) is 0. The Labute approximate surface area is 173 Å². The second-order valence-electron chi connectivity index (χ2n) is 7.52. The average Bonchev–Trinajstić information content (AvgIpc) is 2.73. The van der Waals surface area contributed by atoms with Gasteiger partial charge in [0.2, 0.25) is 5.91 Å². The van der Waals surface area contributed by atoms with E-state index in [0.29, 0.717) is 5.69 Å². The van der Waals surface area contributed by atoms with Gasteiger partial charge in [-0.3, -0.25) is 9.59 Å². The molecule has 2 N–H and O–H groups in total. The summed E-state index contributed by atoms with van der Waals surface area (Å²) < 4.78 is 37.7. The van der Waals surface area contributed by atoms with Crippen LogP contribution in [0.1, 0.15) is 35.7 Å². The largest absolute Gasteiger partial charge is 0.416 e. The predicted molar refractivity (Wildman–Crippen MR) is 109 cm³/mol. The third kappa shape index (κ3) is 5.75. The van der Waals surface area contributed by atoms with E-state index >= 15 is 0 Å². The molecule has 0 spiro atoms. The number of carbonyl (C=O) groups is 2. The number of carbonyl (C=O) groups excluding carboxylic acids is 2. The Balaban J connectivity index is 1.48. The third-order valence-corrected chi connectivity index (χ3v) is 5.18. The quantitative estimate of drug-likeness (QED) is 0.759. The molecular weight excluding hydrogens is 395 g/mol. The van der Waals surface area contributed by atoms with Crippen molar-refractivity contribution in [2.24, 2.45) is 5.92 Å². The molecule has 0 aromatic heterocycles. The molecule has 1 aliphatic heterocycles. The van der Waals surface area contributed by atoms with E-state index in [1.54, 1.807) is 0 Å². The highest BCUT2D eigenvalue weighted by Crippen LogP contribution is 2.29. The van der Waals surface area contributed by atoms with E-state index in [9.17, 15) is 22.8 Å². The van der Waals surface area contributed by atoms with Crippen molar-refractivity contribution in [2.75, 3.05) is 29.9 Å². The van der Waals surface area contributed by atoms with Gasteiger partial charge in [0.25, 0.3) is 5.91 Å². The van der Waals surface area contributed by atoms with Gasteiger partial charge >= 0.3 is 6.18 Å². The number of piperidine rings is 1. The van der Waals surface area contributed by atoms with Gasteiger partial charge in [-0.05, 0) is 67.3 Å². The van der Waals surface area contributed by atoms with Gasteiger partial charge < -0.3 is 15.5 Å². The summed E-state index contributed by atoms with van der Waals surface area (Å²) in [6.45, 7) is 4.00. The Morgan fingerprint density at radius 2 is 1.60 bits per heavy atom. The van der Waals surface area contributed by atoms with Crippen LogP contribution in [0.3, 0.4) is 0 Å². The highest BCUT2D eigenvalue weighted by atomic mass is 19.4. The standard InChI is InChI=1S/C22H24F3N3O2/c1-15-10-12-28(13-11-15)19-8-6-18(7-9-19)27-20(29)14-26-21(30)16-2-4-17(5-3-16)22(23,24)25/h2-9,15H,10-14H2,1H3,(H,26,30)(H,27,29). The van der Waals surface area contributed by atoms with Crippen molar-refractivity contribution < 1.29 is 22.8 Å². The first-order valence-corrected chi connectivity index (χ1v) is 9.82. The van der Waals surface area contributed by atoms with E-state index in [0.717, 1.165) is 61.8 Å². The van der Waals surface area contributed by atoms with Crippen molar-refractivity contribution in [3.05, 3.63) is 59.7 Å². The molecule has 30 heavy (non-hydrogen) atoms. The number of anilines is 2. The minimum absolute atomic E-state index is 0.0519. The number of halogens is 3. The summed E-state index contributed by atoms with van der Waals surface area (Å²) in [4.78, 5) is 26.4. The monoisotopic (exact) mass is 419 g/mol. The van der Waals surface area contributed by atoms with Gasteiger partial charge in [0.1, 0.15) is 0 Å². The summed E-state index contributed by atoms with van der Waals surface area (Å²) in [5.74, 6) is -0.291. The molecule has 0 bridgehead atoms. The summed E-state index contributed by atoms with van der Waals surface area (Å²) in [6, 6.07) is 11.3. The number of hydrogen-bond acceptors (Lipinski definition) is 3. The maximum Gasteiger partial charge on any atom is 0.416 e. The first-order chi connectivity index (χ1) is 14.2. The average molecular weight is 419 g/mol. The number of nitrogens with one attached hydrogen (secondary N) is 2. The van der Waals surface area contributed by atoms with Crippen LogP contribution in [-0.2, 0) is 11.0 Å². The van der Waals surface area contributed by atoms with Crippen LogP contribution < -0.4 is 15.5 Å². The molecule has 160 valence electrons. The molecule has 2 amide bonds. The van der Waals surface area contributed by atoms with Gasteiger partial charge in [-0.15, -0.1) is 0 Å². The summed E-state index contributed by atoms with van der Waals surface area (Å²) in [5.41, 5.74) is 0.934. The van der Waals surface area contributed by atoms with E-state index < -0.39 is 23.6 Å². The van der Waals surface area contributed by atoms with Crippen LogP contribution in [0.15, 0.2) is 48.5 Å². The van der Waals surface area contributed by atoms with Crippen molar-refractivity contribution in [2.45, 2.75) is 25.9 Å². The van der Waals surface area contributed by atoms with Crippen LogP contribution in [0.5, 0.6) is 0 Å². The van der Waals surface area contributed by atoms with Crippen molar-refractivity contribution in [1.29, 1.82) is 0 Å². The van der Waals surface area contributed by atoms with E-state index in [1.165, 1.54) is 0 Å². The molecule has 8 heteroatoms. The molecule has 3 rings (SSSR count). The minimum atomic E-state index is -4.46. The molecule has 0 atom stereocenters. The lowest BCUT2D eigenvalue weighted by Crippen LogP contribution is -2.33. The zero-order chi connectivity index (χ0) is 21.7. The number of benzene rings is 2. The van der Waals surface area contributed by atoms with E-state index in [1.807, 2.05) is 24.3 Å². The lowest BCUT2D eigenvalue weighted by Gasteiger charge is -2.32. The lowest BCUT2D eigenvalue weighted by molar-refractivity contribution is -0.137. The number of amides is 2. The van der Waals surface area contributed by atoms with Crippen molar-refractivity contribution in [3.8, 4) is 0 Å². The Bertz CT molecular complexity index is 872. The molecule has 1 saturated heterocycles. The van der Waals surface area contributed by atoms with Crippen LogP contribution in [0.4, 0.5) is 24.5 Å². The summed E-state index contributed by atoms with van der Waals surface area (Å²) >= 11 is 0. The molecule has 0 saturated carbocycles. The van der Waals surface area contributed by atoms with Crippen molar-refractivity contribution in [3.63, 3.8) is 0 Å². The number of hydrogen-bond donors (Lipinski definition) is 2. The van der Waals surface area contributed by atoms with Gasteiger partial charge in [-0.25, -0.2) is 0 Å². The van der Waals surface area contributed by atoms with Crippen LogP contribution >= 0.6 is 0 Å². The maximum absolute atomic E-state index is 12.6. The van der Waals surface area contributed by atoms with Crippen molar-refractivity contribution in [1.82, 2.24) is 5.32 Å². The van der Waals surface area contributed by atoms with Crippen LogP contribution in [0.25, 0.3) is 0 Å². The first-order valence-electron chi connectivity index (χ1n) is 9.82. The maximum atomic E-state index is 12.6. The first kappa shape index (κ1) is 21.7. The second-order valence-corrected chi connectivity index (χ2v) is 7.52. The van der Waals surface area contributed by atoms with Gasteiger partial charge in [0.15, 0.2) is 0 Å². The van der Waals surface area contributed by atoms with Gasteiger partial charge in [-0.2, -0.15) is 13.2 Å². The van der Waals surface area contributed by atoms with Crippen LogP contribution in [0, 0.1) is 5.92 Å². The summed E-state index contributed by atoms with van der Waals surface area (Å²) in [5, 5.41) is 5.10. The Kier molecular flexibility index (Phi) is 6.64. The second kappa shape index (κ2) is 9.19. The zero-order valence-electron chi connectivity index (χ0n) is 16.6. The molecule has 0 aliphatic carbocycles. The molecule has 2 aromatic rings. The molecule has 1 heterocycles. The Hall–Kier alpha value is -3.03. The van der Waals surface area contributed by atoms with Gasteiger partial charge in [-0.1, -0.05) is 6.92 Å². The molecule has 0 radical (unpaired) electrons. The Morgan fingerprint density at radius 1 is 1.00 bits per heavy atom. The molecule has 0 unspecified atom stereocenters. The number of rotatable bonds is 5. The highest BCUT2D eigenvalue weighted by Gasteiger charge is 2.30. The third-order valence-electron chi connectivity index (χ3n) is 5.18. The van der Waals surface area contributed by atoms with Gasteiger partial charge in [0.05, 0.1) is 12.1 Å². The Morgan fingerprint density at radius 3 is 2.17 bits per heavy atom. The fourth-order valence-electron chi connectivity index (χ4n) is 3.30. The lowest BCUT2D eigenvalue weighted by atomic mass is 9.99. The smallest absolute Gasteiger partial charge is 0.372 e. The molecular formula is C22H24F3N3O2. The van der Waals surface area contributed by atoms with E-state index in [2.05, 4.69) is 22.5 Å². The SMILES string of the molecule is CC1CCN(c2ccc(NC(=O)CNC(=O)c3ccc(C(F)(F)F)cc3)cc2)CC1. The fourth-order valence-corrected chi connectivity index (χ4v) is 3.30. The molecule has 5 nitrogen and oxygen atoms in total. The van der Waals surface area contributed by atoms with Crippen molar-refractivity contribution >= 4 is 23.2 Å². The molecule has 1 aliphatic rings. The summed E-state index contributed by atoms with van der Waals surface area (Å²) in [6.07, 6.45) is -2.13. The number of alkyl halides is 3. The topological polar surface area (TPSA) is 61.4 Å². The number of nitrogens with zero attached hydrogens (tertiary/aromatic N) is 1. The van der Waals surface area contributed by atoms with Crippen LogP contribution in [-0.4, -0.2) is 31.4 Å². The van der Waals surface area contributed by atoms with E-state index in [4.69, 9.17) is 0 Å². The molecule has 1 fully saturated rings. The highest BCUT2D eigenvalue weighted by molar-refractivity contribution is 5.99. The zero-order valence-corrected chi connectivity index (χ0v) is 16.6. The fraction of sp³-hybridized carbons (Fsp3) is 0.364. The molecule has 2 aromatic carbocycles. The van der Waals surface area contributed by atoms with E-state index in [-0.39, 0.29) is 12.1 Å². The van der Waals surface area contributed by atoms with Crippen LogP contribution in [0.2, 0.25) is 0 Å². The predicted octanol–water partition coefficient (Wildman–Crippen LogP) is 4.31. The normalized spacial score (nSPS) is 15.0. The minimum Gasteiger partial charge on any atom is -0.372 e.